The number of carbonyl (C=O) groups excluding carboxylic acids is 1. The van der Waals surface area contributed by atoms with Crippen molar-refractivity contribution in [3.05, 3.63) is 94.3 Å². The molecule has 9 heteroatoms. The molecule has 0 amide bonds. The molecule has 4 nitrogen and oxygen atoms in total. The molecule has 164 valence electrons. The molecule has 0 fully saturated rings. The standard InChI is InChI=1S/C24H17F4NO3.Na/c25-13-7-8-23(32-12-18-19(27)10-14(26)11-20(18)28)17(9-13)15-3-1-4-16(15)21-5-2-6-22(29-21)24(30)31;/h2,5-11H,1,3-4,12H2,(H,30,31);/q;+1/p-1. The maximum Gasteiger partial charge on any atom is 1.00 e. The zero-order valence-electron chi connectivity index (χ0n) is 17.6. The number of pyridine rings is 1. The van der Waals surface area contributed by atoms with Gasteiger partial charge in [-0.15, -0.1) is 0 Å². The molecule has 0 saturated carbocycles. The quantitative estimate of drug-likeness (QED) is 0.411. The first-order chi connectivity index (χ1) is 15.3. The summed E-state index contributed by atoms with van der Waals surface area (Å²) in [6, 6.07) is 9.36. The van der Waals surface area contributed by atoms with E-state index in [2.05, 4.69) is 4.98 Å². The van der Waals surface area contributed by atoms with Crippen LogP contribution in [0.3, 0.4) is 0 Å². The summed E-state index contributed by atoms with van der Waals surface area (Å²) >= 11 is 0. The summed E-state index contributed by atoms with van der Waals surface area (Å²) in [5.41, 5.74) is 1.54. The zero-order chi connectivity index (χ0) is 22.8. The molecule has 0 atom stereocenters. The first-order valence-corrected chi connectivity index (χ1v) is 9.80. The second-order valence-electron chi connectivity index (χ2n) is 7.28. The molecule has 0 radical (unpaired) electrons. The van der Waals surface area contributed by atoms with E-state index in [1.54, 1.807) is 12.1 Å². The SMILES string of the molecule is O=C([O-])c1cccc(C2=C(c3cc(F)ccc3OCc3c(F)cc(F)cc3F)CCC2)n1.[Na+]. The van der Waals surface area contributed by atoms with Gasteiger partial charge in [0, 0.05) is 17.7 Å². The molecule has 0 aliphatic heterocycles. The Morgan fingerprint density at radius 2 is 1.64 bits per heavy atom. The number of carboxylic acid groups (broad SMARTS) is 1. The predicted octanol–water partition coefficient (Wildman–Crippen LogP) is 1.68. The van der Waals surface area contributed by atoms with E-state index in [4.69, 9.17) is 4.74 Å². The van der Waals surface area contributed by atoms with Gasteiger partial charge in [0.25, 0.3) is 0 Å². The average Bonchev–Trinajstić information content (AvgIpc) is 3.23. The minimum absolute atomic E-state index is 0. The molecule has 0 unspecified atom stereocenters. The van der Waals surface area contributed by atoms with Crippen LogP contribution in [0.15, 0.2) is 48.5 Å². The fourth-order valence-electron chi connectivity index (χ4n) is 3.76. The fraction of sp³-hybridized carbons (Fsp3) is 0.167. The topological polar surface area (TPSA) is 62.2 Å². The van der Waals surface area contributed by atoms with Crippen LogP contribution in [0.2, 0.25) is 0 Å². The minimum Gasteiger partial charge on any atom is -0.543 e. The number of hydrogen-bond acceptors (Lipinski definition) is 4. The van der Waals surface area contributed by atoms with E-state index in [1.807, 2.05) is 0 Å². The molecule has 1 aliphatic carbocycles. The van der Waals surface area contributed by atoms with Crippen LogP contribution in [0.25, 0.3) is 11.1 Å². The van der Waals surface area contributed by atoms with Gasteiger partial charge in [0.2, 0.25) is 0 Å². The predicted molar refractivity (Wildman–Crippen MR) is 106 cm³/mol. The summed E-state index contributed by atoms with van der Waals surface area (Å²) in [6.45, 7) is -0.530. The summed E-state index contributed by atoms with van der Waals surface area (Å²) in [5.74, 6) is -4.99. The molecular formula is C24H16F4NNaO3. The second kappa shape index (κ2) is 10.5. The maximum atomic E-state index is 14.1. The Morgan fingerprint density at radius 1 is 0.939 bits per heavy atom. The number of benzene rings is 2. The van der Waals surface area contributed by atoms with Crippen molar-refractivity contribution in [3.63, 3.8) is 0 Å². The third-order valence-electron chi connectivity index (χ3n) is 5.23. The monoisotopic (exact) mass is 465 g/mol. The van der Waals surface area contributed by atoms with Crippen molar-refractivity contribution in [1.29, 1.82) is 0 Å². The number of nitrogens with zero attached hydrogens (tertiary/aromatic N) is 1. The van der Waals surface area contributed by atoms with Gasteiger partial charge in [-0.1, -0.05) is 6.07 Å². The number of halogens is 4. The average molecular weight is 465 g/mol. The largest absolute Gasteiger partial charge is 1.00 e. The number of hydrogen-bond donors (Lipinski definition) is 0. The van der Waals surface area contributed by atoms with Gasteiger partial charge in [0.15, 0.2) is 0 Å². The van der Waals surface area contributed by atoms with E-state index in [-0.39, 0.29) is 41.0 Å². The smallest absolute Gasteiger partial charge is 0.543 e. The summed E-state index contributed by atoms with van der Waals surface area (Å²) in [4.78, 5) is 15.3. The van der Waals surface area contributed by atoms with Crippen LogP contribution >= 0.6 is 0 Å². The van der Waals surface area contributed by atoms with Crippen molar-refractivity contribution in [2.45, 2.75) is 25.9 Å². The Balaban J connectivity index is 0.00000306. The third kappa shape index (κ3) is 5.46. The maximum absolute atomic E-state index is 14.1. The number of carbonyl (C=O) groups is 1. The second-order valence-corrected chi connectivity index (χ2v) is 7.28. The van der Waals surface area contributed by atoms with E-state index in [1.165, 1.54) is 18.2 Å². The molecule has 2 aromatic carbocycles. The zero-order valence-corrected chi connectivity index (χ0v) is 19.6. The van der Waals surface area contributed by atoms with Crippen LogP contribution in [0.5, 0.6) is 5.75 Å². The number of ether oxygens (including phenoxy) is 1. The van der Waals surface area contributed by atoms with Gasteiger partial charge < -0.3 is 14.6 Å². The number of aromatic carboxylic acids is 1. The van der Waals surface area contributed by atoms with Crippen molar-refractivity contribution < 1.29 is 61.8 Å². The van der Waals surface area contributed by atoms with Gasteiger partial charge >= 0.3 is 29.6 Å². The van der Waals surface area contributed by atoms with Crippen LogP contribution in [-0.2, 0) is 6.61 Å². The van der Waals surface area contributed by atoms with Crippen molar-refractivity contribution in [3.8, 4) is 5.75 Å². The first kappa shape index (κ1) is 25.0. The first-order valence-electron chi connectivity index (χ1n) is 9.80. The van der Waals surface area contributed by atoms with Crippen LogP contribution in [-0.4, -0.2) is 11.0 Å². The van der Waals surface area contributed by atoms with Crippen LogP contribution < -0.4 is 39.4 Å². The molecule has 0 saturated heterocycles. The van der Waals surface area contributed by atoms with Crippen molar-refractivity contribution in [2.75, 3.05) is 0 Å². The Morgan fingerprint density at radius 3 is 2.33 bits per heavy atom. The number of aromatic nitrogens is 1. The van der Waals surface area contributed by atoms with Crippen molar-refractivity contribution >= 4 is 17.1 Å². The van der Waals surface area contributed by atoms with E-state index in [0.717, 1.165) is 18.1 Å². The molecule has 3 aromatic rings. The van der Waals surface area contributed by atoms with Crippen LogP contribution in [0, 0.1) is 23.3 Å². The van der Waals surface area contributed by atoms with Crippen LogP contribution in [0.1, 0.15) is 46.6 Å². The summed E-state index contributed by atoms with van der Waals surface area (Å²) < 4.78 is 60.8. The van der Waals surface area contributed by atoms with Crippen molar-refractivity contribution in [2.24, 2.45) is 0 Å². The summed E-state index contributed by atoms with van der Waals surface area (Å²) in [7, 11) is 0. The van der Waals surface area contributed by atoms with Crippen LogP contribution in [0.4, 0.5) is 17.6 Å². The Bertz CT molecular complexity index is 1220. The molecule has 1 aromatic heterocycles. The molecule has 4 rings (SSSR count). The number of rotatable bonds is 6. The van der Waals surface area contributed by atoms with Gasteiger partial charge in [-0.2, -0.15) is 0 Å². The molecule has 0 N–H and O–H groups in total. The van der Waals surface area contributed by atoms with Gasteiger partial charge in [0.05, 0.1) is 22.9 Å². The number of carboxylic acids is 1. The van der Waals surface area contributed by atoms with Gasteiger partial charge in [-0.05, 0) is 60.7 Å². The molecule has 0 spiro atoms. The van der Waals surface area contributed by atoms with E-state index in [9.17, 15) is 27.5 Å². The van der Waals surface area contributed by atoms with E-state index >= 15 is 0 Å². The molecule has 33 heavy (non-hydrogen) atoms. The minimum atomic E-state index is -1.41. The summed E-state index contributed by atoms with van der Waals surface area (Å²) in [6.07, 6.45) is 1.85. The van der Waals surface area contributed by atoms with E-state index < -0.39 is 41.4 Å². The third-order valence-corrected chi connectivity index (χ3v) is 5.23. The van der Waals surface area contributed by atoms with Gasteiger partial charge in [-0.25, -0.2) is 22.5 Å². The van der Waals surface area contributed by atoms with E-state index in [0.29, 0.717) is 41.8 Å². The number of allylic oxidation sites excluding steroid dienone is 2. The summed E-state index contributed by atoms with van der Waals surface area (Å²) in [5, 5.41) is 11.2. The van der Waals surface area contributed by atoms with Gasteiger partial charge in [-0.3, -0.25) is 0 Å². The normalized spacial score (nSPS) is 13.1. The Labute approximate surface area is 209 Å². The molecule has 0 bridgehead atoms. The molecule has 1 aliphatic rings. The molecule has 1 heterocycles. The van der Waals surface area contributed by atoms with Gasteiger partial charge in [0.1, 0.15) is 35.6 Å². The Hall–Kier alpha value is -2.68. The Kier molecular flexibility index (Phi) is 7.94. The molecular weight excluding hydrogens is 449 g/mol. The fourth-order valence-corrected chi connectivity index (χ4v) is 3.76. The van der Waals surface area contributed by atoms with Crippen molar-refractivity contribution in [1.82, 2.24) is 4.98 Å².